The summed E-state index contributed by atoms with van der Waals surface area (Å²) in [6.45, 7) is 2.35. The maximum atomic E-state index is 6.60. The lowest BCUT2D eigenvalue weighted by atomic mass is 9.68. The van der Waals surface area contributed by atoms with Crippen molar-refractivity contribution in [2.75, 3.05) is 0 Å². The third-order valence-corrected chi connectivity index (χ3v) is 11.8. The minimum Gasteiger partial charge on any atom is -0.457 e. The second-order valence-corrected chi connectivity index (χ2v) is 14.1. The van der Waals surface area contributed by atoms with Gasteiger partial charge < -0.3 is 4.74 Å². The molecule has 3 aliphatic rings. The van der Waals surface area contributed by atoms with Gasteiger partial charge in [0.25, 0.3) is 0 Å². The van der Waals surface area contributed by atoms with Gasteiger partial charge in [0.1, 0.15) is 11.5 Å². The third-order valence-electron chi connectivity index (χ3n) is 11.8. The number of rotatable bonds is 2. The topological polar surface area (TPSA) is 9.23 Å². The smallest absolute Gasteiger partial charge is 0.131 e. The molecular formula is C49H32O. The van der Waals surface area contributed by atoms with Crippen LogP contribution in [-0.2, 0) is 10.8 Å². The van der Waals surface area contributed by atoms with Gasteiger partial charge in [0.15, 0.2) is 0 Å². The van der Waals surface area contributed by atoms with Crippen LogP contribution in [0.4, 0.5) is 0 Å². The van der Waals surface area contributed by atoms with E-state index >= 15 is 0 Å². The van der Waals surface area contributed by atoms with Crippen LogP contribution < -0.4 is 4.74 Å². The molecule has 1 atom stereocenters. The zero-order valence-electron chi connectivity index (χ0n) is 27.7. The molecule has 1 unspecified atom stereocenters. The van der Waals surface area contributed by atoms with Gasteiger partial charge in [0, 0.05) is 16.5 Å². The van der Waals surface area contributed by atoms with Gasteiger partial charge in [-0.2, -0.15) is 0 Å². The Morgan fingerprint density at radius 1 is 0.400 bits per heavy atom. The van der Waals surface area contributed by atoms with Crippen LogP contribution in [0.2, 0.25) is 0 Å². The molecule has 8 aromatic rings. The Balaban J connectivity index is 1.18. The van der Waals surface area contributed by atoms with Crippen LogP contribution >= 0.6 is 0 Å². The minimum atomic E-state index is -0.427. The summed E-state index contributed by atoms with van der Waals surface area (Å²) in [5, 5.41) is 2.59. The summed E-state index contributed by atoms with van der Waals surface area (Å²) >= 11 is 0. The Kier molecular flexibility index (Phi) is 5.51. The normalized spacial score (nSPS) is 16.9. The van der Waals surface area contributed by atoms with Gasteiger partial charge in [-0.3, -0.25) is 0 Å². The molecule has 0 amide bonds. The first kappa shape index (κ1) is 27.7. The van der Waals surface area contributed by atoms with Crippen LogP contribution in [-0.4, -0.2) is 0 Å². The van der Waals surface area contributed by atoms with Crippen LogP contribution in [0.15, 0.2) is 176 Å². The van der Waals surface area contributed by atoms with E-state index in [2.05, 4.69) is 183 Å². The quantitative estimate of drug-likeness (QED) is 0.183. The Morgan fingerprint density at radius 2 is 0.960 bits per heavy atom. The summed E-state index contributed by atoms with van der Waals surface area (Å²) in [5.41, 5.74) is 16.0. The molecule has 11 rings (SSSR count). The molecule has 1 nitrogen and oxygen atoms in total. The molecule has 0 radical (unpaired) electrons. The molecule has 1 spiro atoms. The van der Waals surface area contributed by atoms with E-state index in [4.69, 9.17) is 4.74 Å². The minimum absolute atomic E-state index is 0.377. The molecule has 0 bridgehead atoms. The van der Waals surface area contributed by atoms with Crippen molar-refractivity contribution in [1.82, 2.24) is 0 Å². The summed E-state index contributed by atoms with van der Waals surface area (Å²) < 4.78 is 6.60. The highest BCUT2D eigenvalue weighted by molar-refractivity contribution is 6.04. The predicted molar refractivity (Wildman–Crippen MR) is 204 cm³/mol. The fraction of sp³-hybridized carbons (Fsp3) is 0.0612. The van der Waals surface area contributed by atoms with Crippen molar-refractivity contribution in [2.45, 2.75) is 17.8 Å². The highest BCUT2D eigenvalue weighted by Crippen LogP contribution is 2.64. The van der Waals surface area contributed by atoms with Gasteiger partial charge in [-0.05, 0) is 103 Å². The van der Waals surface area contributed by atoms with Crippen LogP contribution in [0.1, 0.15) is 45.9 Å². The Hall–Kier alpha value is -6.18. The number of ether oxygens (including phenoxy) is 1. The molecule has 0 saturated heterocycles. The van der Waals surface area contributed by atoms with Crippen LogP contribution in [0.25, 0.3) is 44.2 Å². The van der Waals surface area contributed by atoms with E-state index in [9.17, 15) is 0 Å². The van der Waals surface area contributed by atoms with Gasteiger partial charge in [-0.25, -0.2) is 0 Å². The van der Waals surface area contributed by atoms with Crippen LogP contribution in [0.3, 0.4) is 0 Å². The zero-order chi connectivity index (χ0) is 33.0. The molecule has 0 fully saturated rings. The van der Waals surface area contributed by atoms with Gasteiger partial charge in [-0.1, -0.05) is 152 Å². The number of hydrogen-bond acceptors (Lipinski definition) is 1. The fourth-order valence-corrected chi connectivity index (χ4v) is 9.60. The first-order chi connectivity index (χ1) is 24.7. The molecule has 0 aromatic heterocycles. The predicted octanol–water partition coefficient (Wildman–Crippen LogP) is 12.3. The lowest BCUT2D eigenvalue weighted by Gasteiger charge is -2.38. The second-order valence-electron chi connectivity index (χ2n) is 14.1. The Morgan fingerprint density at radius 3 is 1.74 bits per heavy atom. The van der Waals surface area contributed by atoms with Crippen molar-refractivity contribution >= 4 is 10.8 Å². The Bertz CT molecular complexity index is 2660. The van der Waals surface area contributed by atoms with Crippen molar-refractivity contribution in [2.24, 2.45) is 0 Å². The summed E-state index contributed by atoms with van der Waals surface area (Å²) in [6, 6.07) is 65.0. The van der Waals surface area contributed by atoms with E-state index in [1.807, 2.05) is 0 Å². The highest BCUT2D eigenvalue weighted by atomic mass is 16.5. The highest BCUT2D eigenvalue weighted by Gasteiger charge is 2.52. The van der Waals surface area contributed by atoms with Gasteiger partial charge >= 0.3 is 0 Å². The first-order valence-corrected chi connectivity index (χ1v) is 17.5. The number of hydrogen-bond donors (Lipinski definition) is 0. The molecule has 234 valence electrons. The lowest BCUT2D eigenvalue weighted by Crippen LogP contribution is -2.29. The second kappa shape index (κ2) is 9.94. The van der Waals surface area contributed by atoms with E-state index in [-0.39, 0.29) is 5.41 Å². The van der Waals surface area contributed by atoms with E-state index < -0.39 is 5.41 Å². The molecule has 2 aliphatic carbocycles. The number of benzene rings is 8. The largest absolute Gasteiger partial charge is 0.457 e. The zero-order valence-corrected chi connectivity index (χ0v) is 27.7. The molecule has 1 heterocycles. The molecule has 0 saturated carbocycles. The van der Waals surface area contributed by atoms with Crippen molar-refractivity contribution in [1.29, 1.82) is 0 Å². The average Bonchev–Trinajstić information content (AvgIpc) is 3.65. The SMILES string of the molecule is CC1(c2ccccc2)c2ccccc2Oc2ccc(-c3ccc4c(c3)C3(c5ccccc5-c5ccccc53)c3c-4ccc4ccccc34)cc21. The standard InChI is InChI=1S/C49H32O/c1-48(34-14-3-2-4-15-34)42-21-11-12-22-45(42)50-46-28-25-33(30-44(46)48)32-24-26-38-39-27-23-31-13-5-6-16-35(31)47(39)49(43(38)29-32)40-19-9-7-17-36(40)37-18-8-10-20-41(37)49/h2-30H,1H3. The van der Waals surface area contributed by atoms with Crippen LogP contribution in [0.5, 0.6) is 11.5 Å². The van der Waals surface area contributed by atoms with Crippen molar-refractivity contribution in [3.05, 3.63) is 215 Å². The molecule has 50 heavy (non-hydrogen) atoms. The molecule has 1 heteroatoms. The maximum absolute atomic E-state index is 6.60. The van der Waals surface area contributed by atoms with Crippen molar-refractivity contribution in [3.63, 3.8) is 0 Å². The summed E-state index contributed by atoms with van der Waals surface area (Å²) in [7, 11) is 0. The van der Waals surface area contributed by atoms with Gasteiger partial charge in [-0.15, -0.1) is 0 Å². The maximum Gasteiger partial charge on any atom is 0.131 e. The first-order valence-electron chi connectivity index (χ1n) is 17.5. The molecular weight excluding hydrogens is 605 g/mol. The summed E-state index contributed by atoms with van der Waals surface area (Å²) in [6.07, 6.45) is 0. The third kappa shape index (κ3) is 3.42. The summed E-state index contributed by atoms with van der Waals surface area (Å²) in [5.74, 6) is 1.83. The van der Waals surface area contributed by atoms with Crippen molar-refractivity contribution < 1.29 is 4.74 Å². The number of para-hydroxylation sites is 1. The molecule has 8 aromatic carbocycles. The molecule has 1 aliphatic heterocycles. The van der Waals surface area contributed by atoms with Crippen molar-refractivity contribution in [3.8, 4) is 44.9 Å². The number of fused-ring (bicyclic) bond motifs is 14. The van der Waals surface area contributed by atoms with E-state index in [1.165, 1.54) is 83.1 Å². The van der Waals surface area contributed by atoms with Gasteiger partial charge in [0.2, 0.25) is 0 Å². The van der Waals surface area contributed by atoms with E-state index in [0.29, 0.717) is 0 Å². The fourth-order valence-electron chi connectivity index (χ4n) is 9.60. The lowest BCUT2D eigenvalue weighted by molar-refractivity contribution is 0.427. The van der Waals surface area contributed by atoms with Crippen LogP contribution in [0, 0.1) is 0 Å². The van der Waals surface area contributed by atoms with E-state index in [1.54, 1.807) is 0 Å². The molecule has 0 N–H and O–H groups in total. The average molecular weight is 637 g/mol. The monoisotopic (exact) mass is 636 g/mol. The van der Waals surface area contributed by atoms with E-state index in [0.717, 1.165) is 11.5 Å². The Labute approximate surface area is 292 Å². The summed E-state index contributed by atoms with van der Waals surface area (Å²) in [4.78, 5) is 0. The van der Waals surface area contributed by atoms with Gasteiger partial charge in [0.05, 0.1) is 5.41 Å².